The van der Waals surface area contributed by atoms with Crippen molar-refractivity contribution in [2.75, 3.05) is 6.26 Å². The first kappa shape index (κ1) is 12.7. The van der Waals surface area contributed by atoms with Gasteiger partial charge in [-0.1, -0.05) is 23.2 Å². The SMILES string of the molecule is CSC(C)(C)c1c(Cl)cc(C#N)cc1Cl. The third kappa shape index (κ3) is 2.60. The summed E-state index contributed by atoms with van der Waals surface area (Å²) < 4.78 is -0.151. The molecule has 4 heteroatoms. The first-order chi connectivity index (χ1) is 6.92. The summed E-state index contributed by atoms with van der Waals surface area (Å²) in [6, 6.07) is 5.34. The van der Waals surface area contributed by atoms with Crippen LogP contribution in [-0.4, -0.2) is 6.26 Å². The molecule has 0 aliphatic heterocycles. The molecule has 0 amide bonds. The zero-order chi connectivity index (χ0) is 11.6. The zero-order valence-electron chi connectivity index (χ0n) is 8.77. The highest BCUT2D eigenvalue weighted by molar-refractivity contribution is 7.99. The Morgan fingerprint density at radius 3 is 2.07 bits per heavy atom. The van der Waals surface area contributed by atoms with E-state index in [9.17, 15) is 0 Å². The molecule has 1 aromatic carbocycles. The van der Waals surface area contributed by atoms with Crippen molar-refractivity contribution in [3.63, 3.8) is 0 Å². The minimum Gasteiger partial charge on any atom is -0.192 e. The smallest absolute Gasteiger partial charge is 0.0992 e. The van der Waals surface area contributed by atoms with Crippen LogP contribution < -0.4 is 0 Å². The Morgan fingerprint density at radius 2 is 1.73 bits per heavy atom. The maximum atomic E-state index is 8.76. The third-order valence-electron chi connectivity index (χ3n) is 2.28. The minimum atomic E-state index is -0.151. The van der Waals surface area contributed by atoms with Crippen molar-refractivity contribution in [2.24, 2.45) is 0 Å². The highest BCUT2D eigenvalue weighted by Gasteiger charge is 2.25. The molecule has 0 fully saturated rings. The van der Waals surface area contributed by atoms with E-state index in [0.29, 0.717) is 15.6 Å². The molecule has 0 spiro atoms. The predicted molar refractivity (Wildman–Crippen MR) is 67.7 cm³/mol. The Kier molecular flexibility index (Phi) is 3.94. The van der Waals surface area contributed by atoms with Crippen LogP contribution in [0, 0.1) is 11.3 Å². The largest absolute Gasteiger partial charge is 0.192 e. The van der Waals surface area contributed by atoms with Gasteiger partial charge in [-0.3, -0.25) is 0 Å². The fourth-order valence-corrected chi connectivity index (χ4v) is 2.81. The second-order valence-corrected chi connectivity index (χ2v) is 5.88. The Hall–Kier alpha value is -0.360. The quantitative estimate of drug-likeness (QED) is 0.783. The van der Waals surface area contributed by atoms with Crippen molar-refractivity contribution < 1.29 is 0 Å². The summed E-state index contributed by atoms with van der Waals surface area (Å²) in [7, 11) is 0. The fourth-order valence-electron chi connectivity index (χ4n) is 1.31. The van der Waals surface area contributed by atoms with Crippen LogP contribution in [0.4, 0.5) is 0 Å². The van der Waals surface area contributed by atoms with Crippen LogP contribution in [0.15, 0.2) is 12.1 Å². The summed E-state index contributed by atoms with van der Waals surface area (Å²) >= 11 is 13.9. The van der Waals surface area contributed by atoms with Gasteiger partial charge in [0.15, 0.2) is 0 Å². The van der Waals surface area contributed by atoms with Crippen LogP contribution in [0.25, 0.3) is 0 Å². The van der Waals surface area contributed by atoms with Crippen LogP contribution in [0.3, 0.4) is 0 Å². The maximum Gasteiger partial charge on any atom is 0.0992 e. The van der Waals surface area contributed by atoms with Crippen LogP contribution >= 0.6 is 35.0 Å². The summed E-state index contributed by atoms with van der Waals surface area (Å²) in [5.74, 6) is 0. The van der Waals surface area contributed by atoms with Crippen molar-refractivity contribution in [3.8, 4) is 6.07 Å². The number of thioether (sulfide) groups is 1. The molecule has 0 saturated heterocycles. The molecule has 0 N–H and O–H groups in total. The van der Waals surface area contributed by atoms with Crippen molar-refractivity contribution in [2.45, 2.75) is 18.6 Å². The Balaban J connectivity index is 3.39. The number of rotatable bonds is 2. The first-order valence-corrected chi connectivity index (χ1v) is 6.35. The summed E-state index contributed by atoms with van der Waals surface area (Å²) in [6.45, 7) is 4.10. The van der Waals surface area contributed by atoms with Crippen molar-refractivity contribution in [1.82, 2.24) is 0 Å². The predicted octanol–water partition coefficient (Wildman–Crippen LogP) is 4.46. The summed E-state index contributed by atoms with van der Waals surface area (Å²) in [5.41, 5.74) is 1.38. The summed E-state index contributed by atoms with van der Waals surface area (Å²) in [5, 5.41) is 9.87. The van der Waals surface area contributed by atoms with E-state index in [4.69, 9.17) is 28.5 Å². The Morgan fingerprint density at radius 1 is 1.27 bits per heavy atom. The van der Waals surface area contributed by atoms with Crippen LogP contribution in [0.5, 0.6) is 0 Å². The molecule has 80 valence electrons. The van der Waals surface area contributed by atoms with Gasteiger partial charge in [0.05, 0.1) is 11.6 Å². The van der Waals surface area contributed by atoms with Gasteiger partial charge in [0.2, 0.25) is 0 Å². The molecule has 0 saturated carbocycles. The average molecular weight is 260 g/mol. The zero-order valence-corrected chi connectivity index (χ0v) is 11.1. The molecule has 0 aliphatic carbocycles. The lowest BCUT2D eigenvalue weighted by Gasteiger charge is -2.25. The molecule has 0 atom stereocenters. The van der Waals surface area contributed by atoms with E-state index in [2.05, 4.69) is 13.8 Å². The second kappa shape index (κ2) is 4.65. The van der Waals surface area contributed by atoms with Gasteiger partial charge in [0.1, 0.15) is 0 Å². The van der Waals surface area contributed by atoms with E-state index in [-0.39, 0.29) is 4.75 Å². The van der Waals surface area contributed by atoms with Gasteiger partial charge in [-0.25, -0.2) is 0 Å². The van der Waals surface area contributed by atoms with Gasteiger partial charge < -0.3 is 0 Å². The lowest BCUT2D eigenvalue weighted by atomic mass is 10.0. The molecule has 0 radical (unpaired) electrons. The molecular formula is C11H11Cl2NS. The number of hydrogen-bond acceptors (Lipinski definition) is 2. The van der Waals surface area contributed by atoms with Gasteiger partial charge in [-0.15, -0.1) is 0 Å². The fraction of sp³-hybridized carbons (Fsp3) is 0.364. The number of nitriles is 1. The molecule has 1 aromatic rings. The molecule has 0 aromatic heterocycles. The monoisotopic (exact) mass is 259 g/mol. The summed E-state index contributed by atoms with van der Waals surface area (Å²) in [4.78, 5) is 0. The van der Waals surface area contributed by atoms with Gasteiger partial charge in [0.25, 0.3) is 0 Å². The van der Waals surface area contributed by atoms with E-state index in [0.717, 1.165) is 5.56 Å². The van der Waals surface area contributed by atoms with Gasteiger partial charge in [-0.2, -0.15) is 17.0 Å². The standard InChI is InChI=1S/C11H11Cl2NS/c1-11(2,15-3)10-8(12)4-7(6-14)5-9(10)13/h4-5H,1-3H3. The van der Waals surface area contributed by atoms with Crippen molar-refractivity contribution in [3.05, 3.63) is 33.3 Å². The van der Waals surface area contributed by atoms with Gasteiger partial charge in [0, 0.05) is 20.4 Å². The van der Waals surface area contributed by atoms with Crippen LogP contribution in [-0.2, 0) is 4.75 Å². The minimum absolute atomic E-state index is 0.151. The van der Waals surface area contributed by atoms with Gasteiger partial charge >= 0.3 is 0 Å². The lowest BCUT2D eigenvalue weighted by Crippen LogP contribution is -2.12. The molecule has 15 heavy (non-hydrogen) atoms. The topological polar surface area (TPSA) is 23.8 Å². The van der Waals surface area contributed by atoms with Gasteiger partial charge in [-0.05, 0) is 32.2 Å². The highest BCUT2D eigenvalue weighted by Crippen LogP contribution is 2.42. The van der Waals surface area contributed by atoms with E-state index in [1.807, 2.05) is 12.3 Å². The number of halogens is 2. The number of hydrogen-bond donors (Lipinski definition) is 0. The van der Waals surface area contributed by atoms with Crippen LogP contribution in [0.1, 0.15) is 25.0 Å². The van der Waals surface area contributed by atoms with E-state index < -0.39 is 0 Å². The molecule has 0 unspecified atom stereocenters. The first-order valence-electron chi connectivity index (χ1n) is 4.37. The summed E-state index contributed by atoms with van der Waals surface area (Å²) in [6.07, 6.45) is 2.00. The lowest BCUT2D eigenvalue weighted by molar-refractivity contribution is 0.786. The highest BCUT2D eigenvalue weighted by atomic mass is 35.5. The van der Waals surface area contributed by atoms with Crippen LogP contribution in [0.2, 0.25) is 10.0 Å². The average Bonchev–Trinajstić information content (AvgIpc) is 2.16. The normalized spacial score (nSPS) is 11.2. The molecule has 1 rings (SSSR count). The number of nitrogens with zero attached hydrogens (tertiary/aromatic N) is 1. The van der Waals surface area contributed by atoms with E-state index >= 15 is 0 Å². The molecule has 0 heterocycles. The third-order valence-corrected chi connectivity index (χ3v) is 4.10. The van der Waals surface area contributed by atoms with Crippen molar-refractivity contribution in [1.29, 1.82) is 5.26 Å². The Bertz CT molecular complexity index is 398. The Labute approximate surface area is 104 Å². The van der Waals surface area contributed by atoms with E-state index in [1.54, 1.807) is 23.9 Å². The molecular weight excluding hydrogens is 249 g/mol. The number of benzene rings is 1. The second-order valence-electron chi connectivity index (χ2n) is 3.64. The molecule has 0 bridgehead atoms. The molecule has 1 nitrogen and oxygen atoms in total. The van der Waals surface area contributed by atoms with E-state index in [1.165, 1.54) is 0 Å². The van der Waals surface area contributed by atoms with Crippen molar-refractivity contribution >= 4 is 35.0 Å². The molecule has 0 aliphatic rings. The maximum absolute atomic E-state index is 8.76.